The van der Waals surface area contributed by atoms with Crippen molar-refractivity contribution in [1.82, 2.24) is 10.2 Å². The maximum atomic E-state index is 12.2. The third-order valence-corrected chi connectivity index (χ3v) is 4.58. The third-order valence-electron chi connectivity index (χ3n) is 2.86. The summed E-state index contributed by atoms with van der Waals surface area (Å²) in [5.41, 5.74) is 0.439. The van der Waals surface area contributed by atoms with Crippen molar-refractivity contribution in [1.29, 1.82) is 0 Å². The van der Waals surface area contributed by atoms with Crippen LogP contribution in [0.25, 0.3) is 0 Å². The molecule has 0 aliphatic carbocycles. The Morgan fingerprint density at radius 3 is 2.57 bits per heavy atom. The monoisotopic (exact) mass is 330 g/mol. The summed E-state index contributed by atoms with van der Waals surface area (Å²) in [6, 6.07) is 2.13. The van der Waals surface area contributed by atoms with Crippen LogP contribution in [0.15, 0.2) is 23.2 Å². The summed E-state index contributed by atoms with van der Waals surface area (Å²) >= 11 is 5.87. The summed E-state index contributed by atoms with van der Waals surface area (Å²) in [7, 11) is -4.01. The molecule has 1 aromatic carbocycles. The van der Waals surface area contributed by atoms with Gasteiger partial charge >= 0.3 is 0 Å². The zero-order chi connectivity index (χ0) is 15.8. The molecule has 2 rings (SSSR count). The number of rotatable bonds is 4. The number of nitro benzene ring substituents is 1. The number of H-pyrrole nitrogens is 1. The van der Waals surface area contributed by atoms with E-state index in [2.05, 4.69) is 14.9 Å². The van der Waals surface area contributed by atoms with Crippen molar-refractivity contribution in [2.75, 3.05) is 4.72 Å². The Morgan fingerprint density at radius 1 is 1.38 bits per heavy atom. The van der Waals surface area contributed by atoms with Gasteiger partial charge in [-0.25, -0.2) is 8.42 Å². The highest BCUT2D eigenvalue weighted by atomic mass is 35.5. The molecule has 8 nitrogen and oxygen atoms in total. The number of benzene rings is 1. The van der Waals surface area contributed by atoms with Crippen LogP contribution in [-0.2, 0) is 10.0 Å². The highest BCUT2D eigenvalue weighted by Crippen LogP contribution is 2.30. The first kappa shape index (κ1) is 15.3. The van der Waals surface area contributed by atoms with Gasteiger partial charge in [0.25, 0.3) is 15.7 Å². The van der Waals surface area contributed by atoms with E-state index < -0.39 is 14.9 Å². The van der Waals surface area contributed by atoms with Gasteiger partial charge in [-0.15, -0.1) is 0 Å². The molecule has 0 saturated carbocycles. The number of aromatic nitrogens is 2. The van der Waals surface area contributed by atoms with E-state index in [0.29, 0.717) is 5.56 Å². The number of halogens is 1. The molecule has 0 saturated heterocycles. The van der Waals surface area contributed by atoms with E-state index in [-0.39, 0.29) is 27.0 Å². The third kappa shape index (κ3) is 2.98. The first-order valence-corrected chi connectivity index (χ1v) is 7.56. The van der Waals surface area contributed by atoms with Gasteiger partial charge in [-0.3, -0.25) is 19.9 Å². The smallest absolute Gasteiger partial charge is 0.264 e. The number of nitrogens with one attached hydrogen (secondary N) is 2. The number of aromatic amines is 1. The Morgan fingerprint density at radius 2 is 2.05 bits per heavy atom. The minimum absolute atomic E-state index is 0.00547. The van der Waals surface area contributed by atoms with E-state index in [1.165, 1.54) is 13.1 Å². The van der Waals surface area contributed by atoms with Gasteiger partial charge in [-0.1, -0.05) is 11.6 Å². The first-order valence-electron chi connectivity index (χ1n) is 5.69. The average Bonchev–Trinajstić information content (AvgIpc) is 2.77. The summed E-state index contributed by atoms with van der Waals surface area (Å²) < 4.78 is 26.8. The van der Waals surface area contributed by atoms with Crippen LogP contribution in [0.1, 0.15) is 11.1 Å². The lowest BCUT2D eigenvalue weighted by atomic mass is 10.2. The van der Waals surface area contributed by atoms with E-state index in [4.69, 9.17) is 11.6 Å². The molecule has 1 aromatic heterocycles. The molecule has 1 heterocycles. The largest absolute Gasteiger partial charge is 0.275 e. The maximum absolute atomic E-state index is 12.2. The number of sulfonamides is 1. The van der Waals surface area contributed by atoms with Crippen LogP contribution in [0.4, 0.5) is 11.5 Å². The zero-order valence-electron chi connectivity index (χ0n) is 11.0. The molecule has 2 N–H and O–H groups in total. The predicted octanol–water partition coefficient (Wildman–Crippen LogP) is 2.39. The molecule has 0 unspecified atom stereocenters. The molecule has 0 bridgehead atoms. The molecule has 0 aliphatic heterocycles. The van der Waals surface area contributed by atoms with Crippen LogP contribution >= 0.6 is 11.6 Å². The summed E-state index contributed by atoms with van der Waals surface area (Å²) in [6.45, 7) is 3.11. The average molecular weight is 331 g/mol. The molecule has 0 fully saturated rings. The van der Waals surface area contributed by atoms with Gasteiger partial charge in [0, 0.05) is 17.2 Å². The second-order valence-electron chi connectivity index (χ2n) is 4.34. The van der Waals surface area contributed by atoms with Gasteiger partial charge < -0.3 is 0 Å². The maximum Gasteiger partial charge on any atom is 0.275 e. The number of nitro groups is 1. The topological polar surface area (TPSA) is 118 Å². The van der Waals surface area contributed by atoms with Crippen molar-refractivity contribution in [2.45, 2.75) is 18.7 Å². The molecule has 2 aromatic rings. The van der Waals surface area contributed by atoms with E-state index in [1.54, 1.807) is 6.92 Å². The molecule has 0 spiro atoms. The Labute approximate surface area is 125 Å². The molecule has 0 amide bonds. The fourth-order valence-electron chi connectivity index (χ4n) is 1.63. The quantitative estimate of drug-likeness (QED) is 0.659. The van der Waals surface area contributed by atoms with Crippen LogP contribution in [-0.4, -0.2) is 23.5 Å². The lowest BCUT2D eigenvalue weighted by molar-refractivity contribution is -0.385. The molecular formula is C11H11ClN4O4S. The van der Waals surface area contributed by atoms with Crippen LogP contribution < -0.4 is 4.72 Å². The summed E-state index contributed by atoms with van der Waals surface area (Å²) in [6.07, 6.45) is 1.45. The van der Waals surface area contributed by atoms with E-state index >= 15 is 0 Å². The minimum Gasteiger partial charge on any atom is -0.264 e. The lowest BCUT2D eigenvalue weighted by Crippen LogP contribution is -2.14. The molecule has 0 aliphatic rings. The van der Waals surface area contributed by atoms with Gasteiger partial charge in [0.05, 0.1) is 21.0 Å². The van der Waals surface area contributed by atoms with Crippen LogP contribution in [0.5, 0.6) is 0 Å². The minimum atomic E-state index is -4.01. The number of hydrogen-bond donors (Lipinski definition) is 2. The standard InChI is InChI=1S/C11H11ClN4O4S/c1-6-5-13-14-11(6)15-21(19,20)8-3-9(12)7(2)10(4-8)16(17)18/h3-5H,1-2H3,(H2,13,14,15). The van der Waals surface area contributed by atoms with Gasteiger partial charge in [0.2, 0.25) is 0 Å². The highest BCUT2D eigenvalue weighted by molar-refractivity contribution is 7.92. The van der Waals surface area contributed by atoms with Gasteiger partial charge in [-0.2, -0.15) is 5.10 Å². The van der Waals surface area contributed by atoms with Gasteiger partial charge in [0.1, 0.15) is 5.82 Å². The second kappa shape index (κ2) is 5.34. The van der Waals surface area contributed by atoms with Crippen LogP contribution in [0.3, 0.4) is 0 Å². The van der Waals surface area contributed by atoms with E-state index in [0.717, 1.165) is 12.1 Å². The Kier molecular flexibility index (Phi) is 3.88. The second-order valence-corrected chi connectivity index (χ2v) is 6.43. The van der Waals surface area contributed by atoms with Crippen LogP contribution in [0.2, 0.25) is 5.02 Å². The first-order chi connectivity index (χ1) is 9.72. The Bertz CT molecular complexity index is 816. The zero-order valence-corrected chi connectivity index (χ0v) is 12.6. The predicted molar refractivity (Wildman–Crippen MR) is 77.0 cm³/mol. The number of nitrogens with zero attached hydrogens (tertiary/aromatic N) is 2. The summed E-state index contributed by atoms with van der Waals surface area (Å²) in [5.74, 6) is 0.189. The molecule has 0 radical (unpaired) electrons. The van der Waals surface area contributed by atoms with Crippen molar-refractivity contribution in [3.8, 4) is 0 Å². The normalized spacial score (nSPS) is 11.4. The van der Waals surface area contributed by atoms with Crippen molar-refractivity contribution >= 4 is 33.1 Å². The summed E-state index contributed by atoms with van der Waals surface area (Å²) in [4.78, 5) is 9.97. The van der Waals surface area contributed by atoms with Crippen molar-refractivity contribution in [2.24, 2.45) is 0 Å². The van der Waals surface area contributed by atoms with Gasteiger partial charge in [0.15, 0.2) is 0 Å². The van der Waals surface area contributed by atoms with Crippen molar-refractivity contribution in [3.05, 3.63) is 44.6 Å². The molecule has 0 atom stereocenters. The fraction of sp³-hybridized carbons (Fsp3) is 0.182. The van der Waals surface area contributed by atoms with Crippen molar-refractivity contribution < 1.29 is 13.3 Å². The van der Waals surface area contributed by atoms with E-state index in [9.17, 15) is 18.5 Å². The SMILES string of the molecule is Cc1cn[nH]c1NS(=O)(=O)c1cc(Cl)c(C)c([N+](=O)[O-])c1. The molecular weight excluding hydrogens is 320 g/mol. The van der Waals surface area contributed by atoms with Crippen LogP contribution in [0, 0.1) is 24.0 Å². The highest BCUT2D eigenvalue weighted by Gasteiger charge is 2.23. The molecule has 112 valence electrons. The molecule has 10 heteroatoms. The number of aryl methyl sites for hydroxylation is 1. The van der Waals surface area contributed by atoms with Gasteiger partial charge in [-0.05, 0) is 19.9 Å². The molecule has 21 heavy (non-hydrogen) atoms. The number of anilines is 1. The Balaban J connectivity index is 2.50. The van der Waals surface area contributed by atoms with E-state index in [1.807, 2.05) is 0 Å². The fourth-order valence-corrected chi connectivity index (χ4v) is 3.04. The van der Waals surface area contributed by atoms with Crippen molar-refractivity contribution in [3.63, 3.8) is 0 Å². The number of hydrogen-bond acceptors (Lipinski definition) is 5. The lowest BCUT2D eigenvalue weighted by Gasteiger charge is -2.09. The Hall–Kier alpha value is -2.13. The summed E-state index contributed by atoms with van der Waals surface area (Å²) in [5, 5.41) is 17.1.